The summed E-state index contributed by atoms with van der Waals surface area (Å²) >= 11 is 0. The summed E-state index contributed by atoms with van der Waals surface area (Å²) in [7, 11) is 0. The van der Waals surface area contributed by atoms with E-state index in [1.54, 1.807) is 0 Å². The summed E-state index contributed by atoms with van der Waals surface area (Å²) in [5.74, 6) is 2.63. The Balaban J connectivity index is 1.26. The first-order chi connectivity index (χ1) is 17.4. The Morgan fingerprint density at radius 1 is 0.972 bits per heavy atom. The van der Waals surface area contributed by atoms with E-state index in [1.807, 2.05) is 47.3 Å². The number of carbonyl (C=O) groups excluding carboxylic acids is 1. The van der Waals surface area contributed by atoms with Crippen molar-refractivity contribution in [2.75, 3.05) is 0 Å². The van der Waals surface area contributed by atoms with Crippen LogP contribution in [0.3, 0.4) is 0 Å². The number of nitrogens with one attached hydrogen (secondary N) is 1. The van der Waals surface area contributed by atoms with Crippen LogP contribution in [0.25, 0.3) is 16.6 Å². The van der Waals surface area contributed by atoms with Gasteiger partial charge in [0, 0.05) is 18.5 Å². The Morgan fingerprint density at radius 3 is 2.64 bits per heavy atom. The van der Waals surface area contributed by atoms with Crippen LogP contribution < -0.4 is 5.56 Å². The lowest BCUT2D eigenvalue weighted by Crippen LogP contribution is -2.50. The summed E-state index contributed by atoms with van der Waals surface area (Å²) in [6, 6.07) is 9.97. The number of ketones is 1. The van der Waals surface area contributed by atoms with Gasteiger partial charge in [-0.05, 0) is 91.7 Å². The molecular weight excluding hydrogens is 448 g/mol. The van der Waals surface area contributed by atoms with Crippen LogP contribution in [-0.4, -0.2) is 25.8 Å². The van der Waals surface area contributed by atoms with Gasteiger partial charge in [0.25, 0.3) is 5.56 Å². The Labute approximate surface area is 211 Å². The average Bonchev–Trinajstić information content (AvgIpc) is 3.48. The molecule has 2 aromatic heterocycles. The van der Waals surface area contributed by atoms with Gasteiger partial charge >= 0.3 is 0 Å². The number of fused-ring (bicyclic) bond motifs is 6. The minimum atomic E-state index is -0.175. The molecule has 6 nitrogen and oxygen atoms in total. The van der Waals surface area contributed by atoms with Gasteiger partial charge in [0.05, 0.1) is 16.8 Å². The summed E-state index contributed by atoms with van der Waals surface area (Å²) in [5.41, 5.74) is 4.25. The molecular formula is C30H34N4O2. The number of nitrogens with zero attached hydrogens (tertiary/aromatic N) is 3. The van der Waals surface area contributed by atoms with Gasteiger partial charge in [0.2, 0.25) is 0 Å². The van der Waals surface area contributed by atoms with Gasteiger partial charge in [-0.2, -0.15) is 10.2 Å². The van der Waals surface area contributed by atoms with Crippen LogP contribution in [-0.2, 0) is 4.79 Å². The van der Waals surface area contributed by atoms with E-state index in [0.717, 1.165) is 36.2 Å². The van der Waals surface area contributed by atoms with E-state index in [4.69, 9.17) is 5.10 Å². The normalized spacial score (nSPS) is 35.7. The lowest BCUT2D eigenvalue weighted by atomic mass is 9.46. The van der Waals surface area contributed by atoms with Crippen LogP contribution in [0, 0.1) is 28.6 Å². The van der Waals surface area contributed by atoms with Gasteiger partial charge in [-0.1, -0.05) is 37.6 Å². The Kier molecular flexibility index (Phi) is 4.77. The lowest BCUT2D eigenvalue weighted by molar-refractivity contribution is -0.117. The van der Waals surface area contributed by atoms with Crippen LogP contribution in [0.2, 0.25) is 0 Å². The van der Waals surface area contributed by atoms with E-state index in [9.17, 15) is 9.59 Å². The molecule has 0 aliphatic heterocycles. The molecule has 36 heavy (non-hydrogen) atoms. The molecule has 4 aliphatic rings. The lowest BCUT2D eigenvalue weighted by Gasteiger charge is -2.58. The van der Waals surface area contributed by atoms with Crippen molar-refractivity contribution < 1.29 is 4.79 Å². The second kappa shape index (κ2) is 7.74. The standard InChI is InChI=1S/C30H34N4O2/c1-29-14-12-20(35)16-18(29)8-9-21-23-10-11-25(30(23,2)15-13-24(21)29)27-26-22(28(36)32-31-27)17-34(33-26)19-6-4-3-5-7-19/h3-7,16-17,21,23-25H,8-15H2,1-2H3,(H,32,36)/t21-,23-,24-,25+,29-,30-/m0/s1. The molecule has 1 aromatic carbocycles. The highest BCUT2D eigenvalue weighted by Gasteiger charge is 2.59. The van der Waals surface area contributed by atoms with E-state index >= 15 is 0 Å². The number of para-hydroxylation sites is 1. The first kappa shape index (κ1) is 22.2. The second-order valence-corrected chi connectivity index (χ2v) is 12.3. The zero-order valence-electron chi connectivity index (χ0n) is 21.2. The summed E-state index contributed by atoms with van der Waals surface area (Å²) in [5, 5.41) is 13.0. The van der Waals surface area contributed by atoms with Crippen molar-refractivity contribution in [2.45, 2.75) is 71.1 Å². The monoisotopic (exact) mass is 482 g/mol. The van der Waals surface area contributed by atoms with E-state index < -0.39 is 0 Å². The maximum atomic E-state index is 12.7. The number of benzene rings is 1. The Bertz CT molecular complexity index is 1450. The fourth-order valence-corrected chi connectivity index (χ4v) is 8.92. The molecule has 0 spiro atoms. The third-order valence-corrected chi connectivity index (χ3v) is 10.8. The summed E-state index contributed by atoms with van der Waals surface area (Å²) in [6.45, 7) is 4.93. The van der Waals surface area contributed by atoms with Crippen molar-refractivity contribution in [1.82, 2.24) is 20.0 Å². The van der Waals surface area contributed by atoms with Crippen molar-refractivity contribution in [2.24, 2.45) is 28.6 Å². The summed E-state index contributed by atoms with van der Waals surface area (Å²) in [4.78, 5) is 24.9. The highest BCUT2D eigenvalue weighted by atomic mass is 16.1. The first-order valence-electron chi connectivity index (χ1n) is 13.7. The number of allylic oxidation sites excluding steroid dienone is 1. The zero-order chi connectivity index (χ0) is 24.7. The molecule has 2 heterocycles. The van der Waals surface area contributed by atoms with E-state index in [-0.39, 0.29) is 16.4 Å². The topological polar surface area (TPSA) is 80.6 Å². The molecule has 0 saturated heterocycles. The Morgan fingerprint density at radius 2 is 1.81 bits per heavy atom. The van der Waals surface area contributed by atoms with E-state index in [1.165, 1.54) is 31.3 Å². The van der Waals surface area contributed by atoms with E-state index in [0.29, 0.717) is 41.3 Å². The van der Waals surface area contributed by atoms with Crippen molar-refractivity contribution in [3.8, 4) is 5.69 Å². The molecule has 0 bridgehead atoms. The van der Waals surface area contributed by atoms with Gasteiger partial charge in [0.1, 0.15) is 5.52 Å². The molecule has 6 heteroatoms. The minimum absolute atomic E-state index is 0.151. The van der Waals surface area contributed by atoms with Crippen LogP contribution in [0.5, 0.6) is 0 Å². The number of carbonyl (C=O) groups is 1. The number of hydrogen-bond acceptors (Lipinski definition) is 4. The fourth-order valence-electron chi connectivity index (χ4n) is 8.92. The van der Waals surface area contributed by atoms with Crippen molar-refractivity contribution in [3.05, 3.63) is 64.2 Å². The first-order valence-corrected chi connectivity index (χ1v) is 13.7. The highest BCUT2D eigenvalue weighted by molar-refractivity contribution is 5.91. The van der Waals surface area contributed by atoms with Crippen LogP contribution in [0.4, 0.5) is 0 Å². The van der Waals surface area contributed by atoms with Gasteiger partial charge in [-0.25, -0.2) is 9.78 Å². The van der Waals surface area contributed by atoms with Gasteiger partial charge in [-0.3, -0.25) is 9.59 Å². The molecule has 3 saturated carbocycles. The van der Waals surface area contributed by atoms with Gasteiger partial charge in [0.15, 0.2) is 5.78 Å². The summed E-state index contributed by atoms with van der Waals surface area (Å²) in [6.07, 6.45) is 12.5. The molecule has 3 aromatic rings. The van der Waals surface area contributed by atoms with Crippen LogP contribution in [0.15, 0.2) is 53.0 Å². The number of aromatic nitrogens is 4. The fraction of sp³-hybridized carbons (Fsp3) is 0.533. The van der Waals surface area contributed by atoms with Gasteiger partial charge < -0.3 is 0 Å². The maximum Gasteiger partial charge on any atom is 0.275 e. The summed E-state index contributed by atoms with van der Waals surface area (Å²) < 4.78 is 1.82. The zero-order valence-corrected chi connectivity index (χ0v) is 21.2. The van der Waals surface area contributed by atoms with Crippen molar-refractivity contribution >= 4 is 16.7 Å². The van der Waals surface area contributed by atoms with Gasteiger partial charge in [-0.15, -0.1) is 0 Å². The van der Waals surface area contributed by atoms with Crippen LogP contribution >= 0.6 is 0 Å². The molecule has 186 valence electrons. The van der Waals surface area contributed by atoms with Crippen LogP contribution in [0.1, 0.15) is 76.8 Å². The molecule has 1 N–H and O–H groups in total. The van der Waals surface area contributed by atoms with Crippen molar-refractivity contribution in [3.63, 3.8) is 0 Å². The predicted octanol–water partition coefficient (Wildman–Crippen LogP) is 5.72. The van der Waals surface area contributed by atoms with Crippen molar-refractivity contribution in [1.29, 1.82) is 0 Å². The molecule has 0 amide bonds. The molecule has 6 atom stereocenters. The molecule has 4 aliphatic carbocycles. The maximum absolute atomic E-state index is 12.7. The number of H-pyrrole nitrogens is 1. The average molecular weight is 483 g/mol. The largest absolute Gasteiger partial charge is 0.295 e. The molecule has 0 unspecified atom stereocenters. The highest BCUT2D eigenvalue weighted by Crippen LogP contribution is 2.68. The molecule has 0 radical (unpaired) electrons. The minimum Gasteiger partial charge on any atom is -0.295 e. The molecule has 3 fully saturated rings. The Hall–Kier alpha value is -3.02. The second-order valence-electron chi connectivity index (χ2n) is 12.3. The SMILES string of the molecule is C[C@]12CC[C@H]3[C@@H](CCC4=CC(=O)CC[C@@]43C)[C@@H]1CC[C@@H]2c1n[nH]c(=O)c2cn(-c3ccccc3)nc12. The number of hydrogen-bond donors (Lipinski definition) is 1. The molecule has 7 rings (SSSR count). The smallest absolute Gasteiger partial charge is 0.275 e. The number of aromatic amines is 1. The quantitative estimate of drug-likeness (QED) is 0.506. The predicted molar refractivity (Wildman–Crippen MR) is 139 cm³/mol. The van der Waals surface area contributed by atoms with E-state index in [2.05, 4.69) is 24.0 Å². The third kappa shape index (κ3) is 3.02. The third-order valence-electron chi connectivity index (χ3n) is 10.8. The number of rotatable bonds is 2.